The molecule has 0 radical (unpaired) electrons. The summed E-state index contributed by atoms with van der Waals surface area (Å²) < 4.78 is 16.8. The third-order valence-electron chi connectivity index (χ3n) is 6.23. The molecule has 0 bridgehead atoms. The molecule has 0 fully saturated rings. The smallest absolute Gasteiger partial charge is 0.291 e. The van der Waals surface area contributed by atoms with E-state index in [2.05, 4.69) is 0 Å². The minimum Gasteiger partial charge on any atom is -0.504 e. The molecule has 35 heavy (non-hydrogen) atoms. The van der Waals surface area contributed by atoms with Crippen molar-refractivity contribution in [2.45, 2.75) is 26.4 Å². The molecule has 7 nitrogen and oxygen atoms in total. The van der Waals surface area contributed by atoms with Crippen molar-refractivity contribution in [3.63, 3.8) is 0 Å². The number of rotatable bonds is 6. The van der Waals surface area contributed by atoms with Crippen LogP contribution in [0, 0.1) is 6.92 Å². The number of hydrogen-bond donors (Lipinski definition) is 1. The second kappa shape index (κ2) is 8.83. The van der Waals surface area contributed by atoms with Gasteiger partial charge in [0.25, 0.3) is 5.91 Å². The Labute approximate surface area is 202 Å². The predicted octanol–water partition coefficient (Wildman–Crippen LogP) is 4.96. The molecule has 0 saturated heterocycles. The average Bonchev–Trinajstić information content (AvgIpc) is 3.13. The highest BCUT2D eigenvalue weighted by Gasteiger charge is 2.43. The van der Waals surface area contributed by atoms with Gasteiger partial charge in [-0.2, -0.15) is 0 Å². The van der Waals surface area contributed by atoms with Gasteiger partial charge in [-0.15, -0.1) is 0 Å². The van der Waals surface area contributed by atoms with Crippen LogP contribution in [0.4, 0.5) is 0 Å². The van der Waals surface area contributed by atoms with E-state index in [1.54, 1.807) is 36.3 Å². The summed E-state index contributed by atoms with van der Waals surface area (Å²) in [7, 11) is 1.59. The second-order valence-electron chi connectivity index (χ2n) is 8.52. The molecule has 1 aliphatic rings. The topological polar surface area (TPSA) is 89.2 Å². The zero-order chi connectivity index (χ0) is 24.7. The number of nitrogens with zero attached hydrogens (tertiary/aromatic N) is 1. The number of aryl methyl sites for hydroxylation is 1. The van der Waals surface area contributed by atoms with Crippen molar-refractivity contribution in [2.24, 2.45) is 0 Å². The van der Waals surface area contributed by atoms with Gasteiger partial charge >= 0.3 is 0 Å². The third-order valence-corrected chi connectivity index (χ3v) is 6.23. The van der Waals surface area contributed by atoms with Crippen molar-refractivity contribution in [2.75, 3.05) is 13.7 Å². The Hall–Kier alpha value is -4.26. The summed E-state index contributed by atoms with van der Waals surface area (Å²) in [6, 6.07) is 16.9. The standard InChI is InChI=1S/C28H25NO6/c1-4-34-23-14-18(8-11-21(23)30)25-24-26(31)20-13-16(2)5-12-22(20)35-27(24)28(32)29(25)15-17-6-9-19(33-3)10-7-17/h5-14,25,30H,4,15H2,1-3H3. The summed E-state index contributed by atoms with van der Waals surface area (Å²) in [6.45, 7) is 4.33. The van der Waals surface area contributed by atoms with Crippen LogP contribution in [0.15, 0.2) is 69.9 Å². The molecule has 1 aromatic heterocycles. The fourth-order valence-corrected chi connectivity index (χ4v) is 4.54. The lowest BCUT2D eigenvalue weighted by molar-refractivity contribution is 0.0714. The molecule has 4 aromatic rings. The molecule has 5 rings (SSSR count). The summed E-state index contributed by atoms with van der Waals surface area (Å²) in [6.07, 6.45) is 0. The summed E-state index contributed by atoms with van der Waals surface area (Å²) in [5.74, 6) is 0.654. The number of phenolic OH excluding ortho intramolecular Hbond substituents is 1. The van der Waals surface area contributed by atoms with Crippen molar-refractivity contribution in [1.29, 1.82) is 0 Å². The first-order valence-electron chi connectivity index (χ1n) is 11.4. The van der Waals surface area contributed by atoms with Crippen LogP contribution in [0.25, 0.3) is 11.0 Å². The van der Waals surface area contributed by atoms with Crippen molar-refractivity contribution in [3.8, 4) is 17.2 Å². The van der Waals surface area contributed by atoms with Crippen LogP contribution in [0.1, 0.15) is 45.8 Å². The number of amides is 1. The van der Waals surface area contributed by atoms with Crippen LogP contribution in [-0.4, -0.2) is 29.6 Å². The number of methoxy groups -OCH3 is 1. The molecule has 0 spiro atoms. The van der Waals surface area contributed by atoms with Gasteiger partial charge in [-0.25, -0.2) is 0 Å². The van der Waals surface area contributed by atoms with Crippen molar-refractivity contribution in [3.05, 3.63) is 98.9 Å². The highest BCUT2D eigenvalue weighted by molar-refractivity contribution is 5.99. The zero-order valence-electron chi connectivity index (χ0n) is 19.7. The second-order valence-corrected chi connectivity index (χ2v) is 8.52. The number of phenols is 1. The Morgan fingerprint density at radius 1 is 1.03 bits per heavy atom. The predicted molar refractivity (Wildman–Crippen MR) is 131 cm³/mol. The average molecular weight is 472 g/mol. The maximum Gasteiger partial charge on any atom is 0.291 e. The van der Waals surface area contributed by atoms with Crippen molar-refractivity contribution >= 4 is 16.9 Å². The largest absolute Gasteiger partial charge is 0.504 e. The van der Waals surface area contributed by atoms with E-state index >= 15 is 0 Å². The molecule has 7 heteroatoms. The molecule has 1 N–H and O–H groups in total. The van der Waals surface area contributed by atoms with Gasteiger partial charge in [0.15, 0.2) is 16.9 Å². The normalized spacial score (nSPS) is 14.9. The van der Waals surface area contributed by atoms with E-state index in [1.807, 2.05) is 44.2 Å². The van der Waals surface area contributed by atoms with E-state index in [9.17, 15) is 14.7 Å². The molecule has 0 aliphatic carbocycles. The molecule has 3 aromatic carbocycles. The molecule has 1 amide bonds. The van der Waals surface area contributed by atoms with Gasteiger partial charge in [-0.05, 0) is 61.4 Å². The Kier molecular flexibility index (Phi) is 5.68. The zero-order valence-corrected chi connectivity index (χ0v) is 19.7. The minimum absolute atomic E-state index is 0.0111. The van der Waals surface area contributed by atoms with Crippen LogP contribution >= 0.6 is 0 Å². The molecule has 2 heterocycles. The Morgan fingerprint density at radius 3 is 2.51 bits per heavy atom. The lowest BCUT2D eigenvalue weighted by atomic mass is 9.97. The highest BCUT2D eigenvalue weighted by atomic mass is 16.5. The Morgan fingerprint density at radius 2 is 1.80 bits per heavy atom. The SMILES string of the molecule is CCOc1cc(C2c3c(oc4ccc(C)cc4c3=O)C(=O)N2Cc2ccc(OC)cc2)ccc1O. The van der Waals surface area contributed by atoms with E-state index in [0.717, 1.165) is 11.1 Å². The molecule has 1 aliphatic heterocycles. The highest BCUT2D eigenvalue weighted by Crippen LogP contribution is 2.41. The fourth-order valence-electron chi connectivity index (χ4n) is 4.54. The lowest BCUT2D eigenvalue weighted by Crippen LogP contribution is -2.29. The number of carbonyl (C=O) groups excluding carboxylic acids is 1. The lowest BCUT2D eigenvalue weighted by Gasteiger charge is -2.26. The van der Waals surface area contributed by atoms with Crippen molar-refractivity contribution in [1.82, 2.24) is 4.90 Å². The first-order chi connectivity index (χ1) is 16.9. The Balaban J connectivity index is 1.70. The van der Waals surface area contributed by atoms with E-state index in [0.29, 0.717) is 28.9 Å². The summed E-state index contributed by atoms with van der Waals surface area (Å²) in [4.78, 5) is 29.0. The number of aromatic hydroxyl groups is 1. The van der Waals surface area contributed by atoms with Crippen LogP contribution < -0.4 is 14.9 Å². The van der Waals surface area contributed by atoms with Gasteiger partial charge in [-0.3, -0.25) is 9.59 Å². The van der Waals surface area contributed by atoms with Gasteiger partial charge < -0.3 is 23.9 Å². The quantitative estimate of drug-likeness (QED) is 0.428. The van der Waals surface area contributed by atoms with Crippen LogP contribution in [0.3, 0.4) is 0 Å². The summed E-state index contributed by atoms with van der Waals surface area (Å²) in [5, 5.41) is 10.7. The van der Waals surface area contributed by atoms with Gasteiger partial charge in [-0.1, -0.05) is 29.8 Å². The Bertz CT molecular complexity index is 1490. The molecular weight excluding hydrogens is 446 g/mol. The number of benzene rings is 3. The van der Waals surface area contributed by atoms with Crippen LogP contribution in [-0.2, 0) is 6.54 Å². The summed E-state index contributed by atoms with van der Waals surface area (Å²) >= 11 is 0. The van der Waals surface area contributed by atoms with E-state index in [1.165, 1.54) is 6.07 Å². The van der Waals surface area contributed by atoms with E-state index in [4.69, 9.17) is 13.9 Å². The number of ether oxygens (including phenoxy) is 2. The molecule has 1 atom stereocenters. The van der Waals surface area contributed by atoms with Crippen LogP contribution in [0.2, 0.25) is 0 Å². The van der Waals surface area contributed by atoms with E-state index < -0.39 is 6.04 Å². The maximum atomic E-state index is 13.7. The molecule has 1 unspecified atom stereocenters. The van der Waals surface area contributed by atoms with E-state index in [-0.39, 0.29) is 40.7 Å². The van der Waals surface area contributed by atoms with Gasteiger partial charge in [0, 0.05) is 6.54 Å². The number of carbonyl (C=O) groups is 1. The number of hydrogen-bond acceptors (Lipinski definition) is 6. The van der Waals surface area contributed by atoms with Gasteiger partial charge in [0.1, 0.15) is 11.3 Å². The fraction of sp³-hybridized carbons (Fsp3) is 0.214. The van der Waals surface area contributed by atoms with Crippen molar-refractivity contribution < 1.29 is 23.8 Å². The van der Waals surface area contributed by atoms with Gasteiger partial charge in [0.05, 0.1) is 30.7 Å². The monoisotopic (exact) mass is 471 g/mol. The minimum atomic E-state index is -0.708. The first kappa shape index (κ1) is 22.5. The maximum absolute atomic E-state index is 13.7. The molecule has 0 saturated carbocycles. The molecular formula is C28H25NO6. The molecule has 178 valence electrons. The summed E-state index contributed by atoms with van der Waals surface area (Å²) in [5.41, 5.74) is 2.85. The number of fused-ring (bicyclic) bond motifs is 2. The first-order valence-corrected chi connectivity index (χ1v) is 11.4. The van der Waals surface area contributed by atoms with Crippen LogP contribution in [0.5, 0.6) is 17.2 Å². The van der Waals surface area contributed by atoms with Gasteiger partial charge in [0.2, 0.25) is 5.76 Å². The third kappa shape index (κ3) is 3.89.